The van der Waals surface area contributed by atoms with E-state index < -0.39 is 17.9 Å². The molecule has 1 aromatic rings. The molecule has 0 saturated carbocycles. The van der Waals surface area contributed by atoms with E-state index >= 15 is 0 Å². The number of ether oxygens (including phenoxy) is 1. The summed E-state index contributed by atoms with van der Waals surface area (Å²) in [6.07, 6.45) is 0. The van der Waals surface area contributed by atoms with Crippen molar-refractivity contribution in [2.24, 2.45) is 0 Å². The molecule has 0 radical (unpaired) electrons. The predicted molar refractivity (Wildman–Crippen MR) is 75.2 cm³/mol. The third kappa shape index (κ3) is 5.23. The summed E-state index contributed by atoms with van der Waals surface area (Å²) in [7, 11) is 1.53. The van der Waals surface area contributed by atoms with Gasteiger partial charge in [-0.05, 0) is 31.2 Å². The minimum absolute atomic E-state index is 0.0944. The molecular formula is C14H18N2O5. The first-order valence-electron chi connectivity index (χ1n) is 6.36. The Bertz CT molecular complexity index is 513. The molecule has 21 heavy (non-hydrogen) atoms. The molecule has 1 unspecified atom stereocenters. The zero-order valence-corrected chi connectivity index (χ0v) is 11.9. The van der Waals surface area contributed by atoms with E-state index in [9.17, 15) is 14.4 Å². The molecule has 0 aliphatic rings. The Kier molecular flexibility index (Phi) is 6.35. The van der Waals surface area contributed by atoms with Crippen LogP contribution in [0, 0.1) is 0 Å². The highest BCUT2D eigenvalue weighted by Crippen LogP contribution is 2.04. The summed E-state index contributed by atoms with van der Waals surface area (Å²) in [5, 5.41) is 13.9. The van der Waals surface area contributed by atoms with Gasteiger partial charge in [-0.2, -0.15) is 0 Å². The van der Waals surface area contributed by atoms with Gasteiger partial charge in [0.25, 0.3) is 5.91 Å². The van der Waals surface area contributed by atoms with Crippen LogP contribution in [-0.4, -0.2) is 49.2 Å². The highest BCUT2D eigenvalue weighted by atomic mass is 16.5. The lowest BCUT2D eigenvalue weighted by Crippen LogP contribution is -2.45. The molecule has 0 heterocycles. The number of hydrogen-bond acceptors (Lipinski definition) is 4. The molecule has 0 spiro atoms. The molecule has 0 aromatic heterocycles. The molecule has 114 valence electrons. The fraction of sp³-hybridized carbons (Fsp3) is 0.357. The normalized spacial score (nSPS) is 11.5. The number of rotatable bonds is 7. The number of nitrogens with one attached hydrogen (secondary N) is 2. The van der Waals surface area contributed by atoms with Crippen LogP contribution in [0.2, 0.25) is 0 Å². The molecule has 1 rings (SSSR count). The number of methoxy groups -OCH3 is 1. The number of aromatic carboxylic acids is 1. The molecule has 1 aromatic carbocycles. The maximum absolute atomic E-state index is 11.9. The first-order valence-corrected chi connectivity index (χ1v) is 6.36. The van der Waals surface area contributed by atoms with Gasteiger partial charge in [-0.15, -0.1) is 0 Å². The van der Waals surface area contributed by atoms with E-state index in [1.54, 1.807) is 6.92 Å². The highest BCUT2D eigenvalue weighted by Gasteiger charge is 2.16. The second-order valence-corrected chi connectivity index (χ2v) is 4.36. The molecule has 0 bridgehead atoms. The molecule has 1 atom stereocenters. The number of carboxylic acid groups (broad SMARTS) is 1. The van der Waals surface area contributed by atoms with Crippen LogP contribution >= 0.6 is 0 Å². The van der Waals surface area contributed by atoms with Gasteiger partial charge < -0.3 is 20.5 Å². The van der Waals surface area contributed by atoms with Crippen molar-refractivity contribution in [3.63, 3.8) is 0 Å². The summed E-state index contributed by atoms with van der Waals surface area (Å²) in [5.41, 5.74) is 0.383. The fourth-order valence-corrected chi connectivity index (χ4v) is 1.54. The summed E-state index contributed by atoms with van der Waals surface area (Å²) in [6, 6.07) is 4.76. The zero-order valence-electron chi connectivity index (χ0n) is 11.9. The summed E-state index contributed by atoms with van der Waals surface area (Å²) < 4.78 is 4.80. The number of amides is 2. The first kappa shape index (κ1) is 16.6. The fourth-order valence-electron chi connectivity index (χ4n) is 1.54. The Morgan fingerprint density at radius 3 is 2.29 bits per heavy atom. The smallest absolute Gasteiger partial charge is 0.335 e. The van der Waals surface area contributed by atoms with Crippen LogP contribution < -0.4 is 10.6 Å². The van der Waals surface area contributed by atoms with Gasteiger partial charge in [0.05, 0.1) is 12.2 Å². The van der Waals surface area contributed by atoms with E-state index in [0.29, 0.717) is 13.2 Å². The molecular weight excluding hydrogens is 276 g/mol. The zero-order chi connectivity index (χ0) is 15.8. The Morgan fingerprint density at radius 2 is 1.76 bits per heavy atom. The lowest BCUT2D eigenvalue weighted by atomic mass is 10.1. The summed E-state index contributed by atoms with van der Waals surface area (Å²) in [4.78, 5) is 34.3. The van der Waals surface area contributed by atoms with Crippen molar-refractivity contribution < 1.29 is 24.2 Å². The molecule has 3 N–H and O–H groups in total. The number of carbonyl (C=O) groups excluding carboxylic acids is 2. The molecule has 2 amide bonds. The third-order valence-corrected chi connectivity index (χ3v) is 2.74. The molecule has 0 fully saturated rings. The Morgan fingerprint density at radius 1 is 1.19 bits per heavy atom. The Labute approximate surface area is 122 Å². The standard InChI is InChI=1S/C14H18N2O5/c1-9(12(17)15-7-8-21-2)16-13(18)10-3-5-11(6-4-10)14(19)20/h3-6,9H,7-8H2,1-2H3,(H,15,17)(H,16,18)(H,19,20). The number of carboxylic acids is 1. The van der Waals surface area contributed by atoms with Gasteiger partial charge >= 0.3 is 5.97 Å². The van der Waals surface area contributed by atoms with E-state index in [4.69, 9.17) is 9.84 Å². The molecule has 0 saturated heterocycles. The maximum Gasteiger partial charge on any atom is 0.335 e. The van der Waals surface area contributed by atoms with Crippen LogP contribution in [0.1, 0.15) is 27.6 Å². The van der Waals surface area contributed by atoms with Crippen LogP contribution in [0.4, 0.5) is 0 Å². The van der Waals surface area contributed by atoms with Crippen LogP contribution in [0.25, 0.3) is 0 Å². The maximum atomic E-state index is 11.9. The Hall–Kier alpha value is -2.41. The average molecular weight is 294 g/mol. The second kappa shape index (κ2) is 8.01. The van der Waals surface area contributed by atoms with E-state index in [0.717, 1.165) is 0 Å². The van der Waals surface area contributed by atoms with E-state index in [1.807, 2.05) is 0 Å². The number of carbonyl (C=O) groups is 3. The third-order valence-electron chi connectivity index (χ3n) is 2.74. The van der Waals surface area contributed by atoms with Crippen LogP contribution in [0.15, 0.2) is 24.3 Å². The summed E-state index contributed by atoms with van der Waals surface area (Å²) in [5.74, 6) is -1.82. The molecule has 0 aliphatic carbocycles. The topological polar surface area (TPSA) is 105 Å². The van der Waals surface area contributed by atoms with E-state index in [2.05, 4.69) is 10.6 Å². The van der Waals surface area contributed by atoms with Gasteiger partial charge in [-0.1, -0.05) is 0 Å². The minimum Gasteiger partial charge on any atom is -0.478 e. The molecule has 7 nitrogen and oxygen atoms in total. The lowest BCUT2D eigenvalue weighted by molar-refractivity contribution is -0.122. The number of hydrogen-bond donors (Lipinski definition) is 3. The van der Waals surface area contributed by atoms with Crippen molar-refractivity contribution in [1.82, 2.24) is 10.6 Å². The minimum atomic E-state index is -1.06. The predicted octanol–water partition coefficient (Wildman–Crippen LogP) is 0.266. The molecule has 7 heteroatoms. The van der Waals surface area contributed by atoms with Crippen LogP contribution in [-0.2, 0) is 9.53 Å². The van der Waals surface area contributed by atoms with Gasteiger partial charge in [-0.25, -0.2) is 4.79 Å². The van der Waals surface area contributed by atoms with Gasteiger partial charge in [0, 0.05) is 19.2 Å². The summed E-state index contributed by atoms with van der Waals surface area (Å²) >= 11 is 0. The average Bonchev–Trinajstić information content (AvgIpc) is 2.47. The summed E-state index contributed by atoms with van der Waals surface area (Å²) in [6.45, 7) is 2.32. The SMILES string of the molecule is COCCNC(=O)C(C)NC(=O)c1ccc(C(=O)O)cc1. The van der Waals surface area contributed by atoms with Gasteiger partial charge in [0.1, 0.15) is 6.04 Å². The van der Waals surface area contributed by atoms with Gasteiger partial charge in [0.2, 0.25) is 5.91 Å². The highest BCUT2D eigenvalue weighted by molar-refractivity contribution is 5.98. The van der Waals surface area contributed by atoms with Gasteiger partial charge in [0.15, 0.2) is 0 Å². The van der Waals surface area contributed by atoms with Crippen molar-refractivity contribution in [3.05, 3.63) is 35.4 Å². The van der Waals surface area contributed by atoms with Crippen LogP contribution in [0.5, 0.6) is 0 Å². The number of benzene rings is 1. The lowest BCUT2D eigenvalue weighted by Gasteiger charge is -2.14. The largest absolute Gasteiger partial charge is 0.478 e. The van der Waals surface area contributed by atoms with Crippen molar-refractivity contribution in [3.8, 4) is 0 Å². The monoisotopic (exact) mass is 294 g/mol. The quantitative estimate of drug-likeness (QED) is 0.626. The van der Waals surface area contributed by atoms with Crippen molar-refractivity contribution in [2.75, 3.05) is 20.3 Å². The van der Waals surface area contributed by atoms with E-state index in [-0.39, 0.29) is 17.0 Å². The molecule has 0 aliphatic heterocycles. The van der Waals surface area contributed by atoms with Crippen LogP contribution in [0.3, 0.4) is 0 Å². The Balaban J connectivity index is 2.55. The van der Waals surface area contributed by atoms with Crippen molar-refractivity contribution in [2.45, 2.75) is 13.0 Å². The van der Waals surface area contributed by atoms with Crippen molar-refractivity contribution in [1.29, 1.82) is 0 Å². The van der Waals surface area contributed by atoms with E-state index in [1.165, 1.54) is 31.4 Å². The first-order chi connectivity index (χ1) is 9.95. The van der Waals surface area contributed by atoms with Crippen molar-refractivity contribution >= 4 is 17.8 Å². The second-order valence-electron chi connectivity index (χ2n) is 4.36. The van der Waals surface area contributed by atoms with Gasteiger partial charge in [-0.3, -0.25) is 9.59 Å².